The maximum atomic E-state index is 12.7. The van der Waals surface area contributed by atoms with E-state index < -0.39 is 17.7 Å². The summed E-state index contributed by atoms with van der Waals surface area (Å²) in [5, 5.41) is 7.11. The molecule has 1 unspecified atom stereocenters. The normalized spacial score (nSPS) is 12.3. The van der Waals surface area contributed by atoms with Gasteiger partial charge in [-0.3, -0.25) is 4.79 Å². The quantitative estimate of drug-likeness (QED) is 0.438. The summed E-state index contributed by atoms with van der Waals surface area (Å²) in [5.74, 6) is -0.714. The molecule has 0 spiro atoms. The highest BCUT2D eigenvalue weighted by atomic mass is 19.4. The number of ether oxygens (including phenoxy) is 1. The second kappa shape index (κ2) is 10.5. The molecule has 0 bridgehead atoms. The Labute approximate surface area is 195 Å². The molecule has 0 aliphatic carbocycles. The number of nitrogens with one attached hydrogen (secondary N) is 1. The molecule has 180 valence electrons. The standard InChI is InChI=1S/C25H26F3N3O3/c1-4-16(3)22-14-21(24(33)34-5-2)30-31(22)20-12-8-18(9-13-20)23(32)29-15-17-6-10-19(11-7-17)25(26,27)28/h6-14,16H,4-5,15H2,1-3H3,(H,29,32). The van der Waals surface area contributed by atoms with Gasteiger partial charge in [-0.05, 0) is 67.3 Å². The molecule has 1 heterocycles. The lowest BCUT2D eigenvalue weighted by molar-refractivity contribution is -0.137. The fourth-order valence-corrected chi connectivity index (χ4v) is 3.32. The smallest absolute Gasteiger partial charge is 0.416 e. The van der Waals surface area contributed by atoms with E-state index in [2.05, 4.69) is 10.4 Å². The fourth-order valence-electron chi connectivity index (χ4n) is 3.32. The number of hydrogen-bond donors (Lipinski definition) is 1. The third kappa shape index (κ3) is 5.84. The van der Waals surface area contributed by atoms with Crippen molar-refractivity contribution in [1.82, 2.24) is 15.1 Å². The van der Waals surface area contributed by atoms with Crippen molar-refractivity contribution in [3.8, 4) is 5.69 Å². The number of aromatic nitrogens is 2. The van der Waals surface area contributed by atoms with Crippen molar-refractivity contribution in [2.45, 2.75) is 45.8 Å². The highest BCUT2D eigenvalue weighted by molar-refractivity contribution is 5.94. The molecule has 1 N–H and O–H groups in total. The number of rotatable bonds is 8. The molecule has 0 saturated carbocycles. The van der Waals surface area contributed by atoms with Crippen molar-refractivity contribution in [1.29, 1.82) is 0 Å². The van der Waals surface area contributed by atoms with Crippen LogP contribution in [-0.2, 0) is 17.5 Å². The fraction of sp³-hybridized carbons (Fsp3) is 0.320. The molecule has 6 nitrogen and oxygen atoms in total. The molecule has 0 radical (unpaired) electrons. The van der Waals surface area contributed by atoms with E-state index in [-0.39, 0.29) is 30.7 Å². The van der Waals surface area contributed by atoms with Crippen LogP contribution in [0.3, 0.4) is 0 Å². The minimum absolute atomic E-state index is 0.0962. The number of nitrogens with zero attached hydrogens (tertiary/aromatic N) is 2. The topological polar surface area (TPSA) is 73.2 Å². The summed E-state index contributed by atoms with van der Waals surface area (Å²) < 4.78 is 44.8. The molecule has 34 heavy (non-hydrogen) atoms. The minimum Gasteiger partial charge on any atom is -0.461 e. The molecule has 1 aromatic heterocycles. The Morgan fingerprint density at radius 2 is 1.71 bits per heavy atom. The number of alkyl halides is 3. The first-order valence-corrected chi connectivity index (χ1v) is 11.0. The molecule has 1 amide bonds. The predicted molar refractivity (Wildman–Crippen MR) is 121 cm³/mol. The van der Waals surface area contributed by atoms with Gasteiger partial charge in [0.15, 0.2) is 5.69 Å². The average molecular weight is 473 g/mol. The molecule has 1 atom stereocenters. The molecule has 0 saturated heterocycles. The number of esters is 1. The van der Waals surface area contributed by atoms with Crippen LogP contribution in [0.1, 0.15) is 70.8 Å². The summed E-state index contributed by atoms with van der Waals surface area (Å²) in [6, 6.07) is 13.1. The van der Waals surface area contributed by atoms with Gasteiger partial charge < -0.3 is 10.1 Å². The molecular weight excluding hydrogens is 447 g/mol. The number of carbonyl (C=O) groups excluding carboxylic acids is 2. The Kier molecular flexibility index (Phi) is 7.75. The first kappa shape index (κ1) is 25.0. The predicted octanol–water partition coefficient (Wildman–Crippen LogP) is 5.51. The van der Waals surface area contributed by atoms with Crippen LogP contribution in [0.15, 0.2) is 54.6 Å². The van der Waals surface area contributed by atoms with Gasteiger partial charge in [-0.25, -0.2) is 9.48 Å². The third-order valence-electron chi connectivity index (χ3n) is 5.45. The van der Waals surface area contributed by atoms with Gasteiger partial charge in [0.2, 0.25) is 0 Å². The van der Waals surface area contributed by atoms with Crippen LogP contribution in [-0.4, -0.2) is 28.3 Å². The van der Waals surface area contributed by atoms with E-state index in [4.69, 9.17) is 4.74 Å². The first-order chi connectivity index (χ1) is 16.1. The highest BCUT2D eigenvalue weighted by Crippen LogP contribution is 2.29. The Balaban J connectivity index is 1.73. The summed E-state index contributed by atoms with van der Waals surface area (Å²) >= 11 is 0. The summed E-state index contributed by atoms with van der Waals surface area (Å²) in [6.45, 7) is 6.15. The third-order valence-corrected chi connectivity index (χ3v) is 5.45. The summed E-state index contributed by atoms with van der Waals surface area (Å²) in [6.07, 6.45) is -3.55. The molecule has 0 aliphatic heterocycles. The monoisotopic (exact) mass is 473 g/mol. The zero-order valence-electron chi connectivity index (χ0n) is 19.1. The SMILES string of the molecule is CCOC(=O)c1cc(C(C)CC)n(-c2ccc(C(=O)NCc3ccc(C(F)(F)F)cc3)cc2)n1. The molecule has 3 aromatic rings. The minimum atomic E-state index is -4.40. The number of amides is 1. The molecule has 3 rings (SSSR count). The van der Waals surface area contributed by atoms with E-state index in [1.807, 2.05) is 13.8 Å². The van der Waals surface area contributed by atoms with Crippen molar-refractivity contribution in [2.75, 3.05) is 6.61 Å². The Hall–Kier alpha value is -3.62. The van der Waals surface area contributed by atoms with Gasteiger partial charge in [-0.15, -0.1) is 0 Å². The maximum Gasteiger partial charge on any atom is 0.416 e. The highest BCUT2D eigenvalue weighted by Gasteiger charge is 2.29. The maximum absolute atomic E-state index is 12.7. The lowest BCUT2D eigenvalue weighted by Gasteiger charge is -2.13. The van der Waals surface area contributed by atoms with E-state index in [9.17, 15) is 22.8 Å². The largest absolute Gasteiger partial charge is 0.461 e. The summed E-state index contributed by atoms with van der Waals surface area (Å²) in [4.78, 5) is 24.6. The Bertz CT molecular complexity index is 1140. The van der Waals surface area contributed by atoms with Gasteiger partial charge in [0.05, 0.1) is 17.9 Å². The van der Waals surface area contributed by atoms with Crippen molar-refractivity contribution in [2.24, 2.45) is 0 Å². The molecular formula is C25H26F3N3O3. The van der Waals surface area contributed by atoms with Gasteiger partial charge >= 0.3 is 12.1 Å². The number of carbonyl (C=O) groups is 2. The van der Waals surface area contributed by atoms with Gasteiger partial charge in [0.1, 0.15) is 0 Å². The van der Waals surface area contributed by atoms with Gasteiger partial charge in [0, 0.05) is 17.8 Å². The van der Waals surface area contributed by atoms with Crippen molar-refractivity contribution in [3.05, 3.63) is 82.7 Å². The lowest BCUT2D eigenvalue weighted by atomic mass is 10.0. The van der Waals surface area contributed by atoms with Gasteiger partial charge in [-0.1, -0.05) is 26.0 Å². The van der Waals surface area contributed by atoms with Crippen LogP contribution in [0.4, 0.5) is 13.2 Å². The van der Waals surface area contributed by atoms with E-state index >= 15 is 0 Å². The zero-order chi connectivity index (χ0) is 24.9. The second-order valence-electron chi connectivity index (χ2n) is 7.82. The molecule has 0 fully saturated rings. The van der Waals surface area contributed by atoms with E-state index in [0.717, 1.165) is 24.2 Å². The lowest BCUT2D eigenvalue weighted by Crippen LogP contribution is -2.22. The first-order valence-electron chi connectivity index (χ1n) is 11.0. The van der Waals surface area contributed by atoms with Crippen LogP contribution in [0, 0.1) is 0 Å². The summed E-state index contributed by atoms with van der Waals surface area (Å²) in [7, 11) is 0. The number of benzene rings is 2. The summed E-state index contributed by atoms with van der Waals surface area (Å²) in [5.41, 5.74) is 1.96. The van der Waals surface area contributed by atoms with E-state index in [1.54, 1.807) is 41.9 Å². The van der Waals surface area contributed by atoms with Crippen LogP contribution < -0.4 is 5.32 Å². The number of hydrogen-bond acceptors (Lipinski definition) is 4. The van der Waals surface area contributed by atoms with Crippen LogP contribution in [0.25, 0.3) is 5.69 Å². The van der Waals surface area contributed by atoms with E-state index in [1.165, 1.54) is 12.1 Å². The van der Waals surface area contributed by atoms with Crippen molar-refractivity contribution < 1.29 is 27.5 Å². The Morgan fingerprint density at radius 3 is 2.26 bits per heavy atom. The second-order valence-corrected chi connectivity index (χ2v) is 7.82. The van der Waals surface area contributed by atoms with Crippen molar-refractivity contribution >= 4 is 11.9 Å². The van der Waals surface area contributed by atoms with Crippen molar-refractivity contribution in [3.63, 3.8) is 0 Å². The van der Waals surface area contributed by atoms with Gasteiger partial charge in [0.25, 0.3) is 5.91 Å². The Morgan fingerprint density at radius 1 is 1.06 bits per heavy atom. The van der Waals surface area contributed by atoms with Crippen LogP contribution in [0.2, 0.25) is 0 Å². The van der Waals surface area contributed by atoms with Gasteiger partial charge in [-0.2, -0.15) is 18.3 Å². The number of halogens is 3. The average Bonchev–Trinajstić information content (AvgIpc) is 3.28. The van der Waals surface area contributed by atoms with E-state index in [0.29, 0.717) is 16.8 Å². The van der Waals surface area contributed by atoms with Crippen LogP contribution in [0.5, 0.6) is 0 Å². The molecule has 9 heteroatoms. The zero-order valence-corrected chi connectivity index (χ0v) is 19.1. The molecule has 2 aromatic carbocycles. The van der Waals surface area contributed by atoms with Crippen LogP contribution >= 0.6 is 0 Å². The molecule has 0 aliphatic rings.